The van der Waals surface area contributed by atoms with Gasteiger partial charge in [0, 0.05) is 0 Å². The third-order valence-corrected chi connectivity index (χ3v) is 6.27. The van der Waals surface area contributed by atoms with Gasteiger partial charge >= 0.3 is 0 Å². The van der Waals surface area contributed by atoms with Crippen LogP contribution in [0.25, 0.3) is 0 Å². The molecule has 5 nitrogen and oxygen atoms in total. The van der Waals surface area contributed by atoms with E-state index in [1.165, 1.54) is 36.4 Å². The van der Waals surface area contributed by atoms with Crippen LogP contribution >= 0.6 is 0 Å². The summed E-state index contributed by atoms with van der Waals surface area (Å²) in [6, 6.07) is 17.7. The summed E-state index contributed by atoms with van der Waals surface area (Å²) < 4.78 is 53.7. The Kier molecular flexibility index (Phi) is 6.47. The van der Waals surface area contributed by atoms with E-state index in [0.29, 0.717) is 5.56 Å². The summed E-state index contributed by atoms with van der Waals surface area (Å²) in [6.45, 7) is 1.20. The zero-order valence-corrected chi connectivity index (χ0v) is 16.9. The number of carbonyl (C=O) groups excluding carboxylic acids is 1. The molecule has 1 unspecified atom stereocenters. The Labute approximate surface area is 174 Å². The first-order valence-corrected chi connectivity index (χ1v) is 10.6. The summed E-state index contributed by atoms with van der Waals surface area (Å²) in [5.41, 5.74) is 0.828. The highest BCUT2D eigenvalue weighted by Gasteiger charge is 2.27. The molecule has 0 spiro atoms. The van der Waals surface area contributed by atoms with Gasteiger partial charge in [0.25, 0.3) is 10.0 Å². The Morgan fingerprint density at radius 1 is 0.900 bits per heavy atom. The van der Waals surface area contributed by atoms with Crippen LogP contribution in [0.15, 0.2) is 83.8 Å². The second-order valence-corrected chi connectivity index (χ2v) is 8.50. The molecule has 0 heterocycles. The van der Waals surface area contributed by atoms with Crippen LogP contribution in [0.1, 0.15) is 18.5 Å². The molecule has 0 aliphatic rings. The van der Waals surface area contributed by atoms with Crippen molar-refractivity contribution in [2.24, 2.45) is 0 Å². The molecule has 1 atom stereocenters. The maximum Gasteiger partial charge on any atom is 0.264 e. The van der Waals surface area contributed by atoms with E-state index in [9.17, 15) is 22.0 Å². The van der Waals surface area contributed by atoms with Crippen LogP contribution in [0.4, 0.5) is 14.5 Å². The Morgan fingerprint density at radius 3 is 2.00 bits per heavy atom. The average Bonchev–Trinajstić information content (AvgIpc) is 2.74. The lowest BCUT2D eigenvalue weighted by Crippen LogP contribution is -2.41. The zero-order valence-electron chi connectivity index (χ0n) is 16.1. The first-order valence-electron chi connectivity index (χ1n) is 9.15. The average molecular weight is 430 g/mol. The van der Waals surface area contributed by atoms with E-state index >= 15 is 0 Å². The summed E-state index contributed by atoms with van der Waals surface area (Å²) >= 11 is 0. The monoisotopic (exact) mass is 430 g/mol. The zero-order chi connectivity index (χ0) is 21.7. The van der Waals surface area contributed by atoms with Crippen LogP contribution in [0.2, 0.25) is 0 Å². The quantitative estimate of drug-likeness (QED) is 0.615. The molecule has 3 aromatic carbocycles. The highest BCUT2D eigenvalue weighted by molar-refractivity contribution is 7.92. The molecular weight excluding hydrogens is 410 g/mol. The number of anilines is 1. The van der Waals surface area contributed by atoms with E-state index in [-0.39, 0.29) is 10.6 Å². The van der Waals surface area contributed by atoms with Crippen molar-refractivity contribution >= 4 is 21.6 Å². The van der Waals surface area contributed by atoms with E-state index < -0.39 is 40.2 Å². The molecule has 30 heavy (non-hydrogen) atoms. The highest BCUT2D eigenvalue weighted by atomic mass is 32.2. The van der Waals surface area contributed by atoms with Crippen molar-refractivity contribution in [3.63, 3.8) is 0 Å². The number of benzene rings is 3. The standard InChI is InChI=1S/C22H20F2N2O3S/c1-16(17-7-9-18(23)10-8-17)25-22(27)15-26(20-13-11-19(24)12-14-20)30(28,29)21-5-3-2-4-6-21/h2-14,16H,15H2,1H3,(H,25,27). The van der Waals surface area contributed by atoms with Crippen molar-refractivity contribution in [3.8, 4) is 0 Å². The molecule has 8 heteroatoms. The van der Waals surface area contributed by atoms with Crippen molar-refractivity contribution < 1.29 is 22.0 Å². The molecule has 3 rings (SSSR count). The lowest BCUT2D eigenvalue weighted by atomic mass is 10.1. The van der Waals surface area contributed by atoms with Gasteiger partial charge < -0.3 is 5.32 Å². The number of hydrogen-bond donors (Lipinski definition) is 1. The number of carbonyl (C=O) groups is 1. The van der Waals surface area contributed by atoms with Crippen molar-refractivity contribution in [3.05, 3.63) is 96.1 Å². The summed E-state index contributed by atoms with van der Waals surface area (Å²) in [5.74, 6) is -1.48. The largest absolute Gasteiger partial charge is 0.348 e. The summed E-state index contributed by atoms with van der Waals surface area (Å²) in [6.07, 6.45) is 0. The number of sulfonamides is 1. The molecule has 1 amide bonds. The van der Waals surface area contributed by atoms with Crippen LogP contribution in [-0.2, 0) is 14.8 Å². The third kappa shape index (κ3) is 5.01. The third-order valence-electron chi connectivity index (χ3n) is 4.48. The number of nitrogens with one attached hydrogen (secondary N) is 1. The second kappa shape index (κ2) is 9.04. The summed E-state index contributed by atoms with van der Waals surface area (Å²) in [7, 11) is -4.07. The molecule has 0 saturated heterocycles. The molecular formula is C22H20F2N2O3S. The van der Waals surface area contributed by atoms with Crippen LogP contribution in [0, 0.1) is 11.6 Å². The first kappa shape index (κ1) is 21.4. The van der Waals surface area contributed by atoms with Gasteiger partial charge in [-0.3, -0.25) is 9.10 Å². The predicted octanol–water partition coefficient (Wildman–Crippen LogP) is 4.04. The van der Waals surface area contributed by atoms with E-state index in [0.717, 1.165) is 16.4 Å². The SMILES string of the molecule is CC(NC(=O)CN(c1ccc(F)cc1)S(=O)(=O)c1ccccc1)c1ccc(F)cc1. The first-order chi connectivity index (χ1) is 14.3. The lowest BCUT2D eigenvalue weighted by molar-refractivity contribution is -0.120. The molecule has 156 valence electrons. The van der Waals surface area contributed by atoms with Crippen molar-refractivity contribution in [2.75, 3.05) is 10.8 Å². The Morgan fingerprint density at radius 2 is 1.43 bits per heavy atom. The Bertz CT molecular complexity index is 1100. The molecule has 0 fully saturated rings. The van der Waals surface area contributed by atoms with Gasteiger partial charge in [-0.1, -0.05) is 30.3 Å². The van der Waals surface area contributed by atoms with Gasteiger partial charge in [0.1, 0.15) is 18.2 Å². The van der Waals surface area contributed by atoms with Crippen molar-refractivity contribution in [1.82, 2.24) is 5.32 Å². The molecule has 0 bridgehead atoms. The molecule has 1 N–H and O–H groups in total. The van der Waals surface area contributed by atoms with E-state index in [1.807, 2.05) is 0 Å². The van der Waals surface area contributed by atoms with E-state index in [4.69, 9.17) is 0 Å². The molecule has 0 aliphatic carbocycles. The minimum absolute atomic E-state index is 0.00806. The maximum absolute atomic E-state index is 13.3. The fraction of sp³-hybridized carbons (Fsp3) is 0.136. The fourth-order valence-corrected chi connectivity index (χ4v) is 4.34. The fourth-order valence-electron chi connectivity index (χ4n) is 2.89. The highest BCUT2D eigenvalue weighted by Crippen LogP contribution is 2.24. The van der Waals surface area contributed by atoms with E-state index in [2.05, 4.69) is 5.32 Å². The molecule has 0 saturated carbocycles. The number of halogens is 2. The van der Waals surface area contributed by atoms with Gasteiger partial charge in [-0.2, -0.15) is 0 Å². The van der Waals surface area contributed by atoms with Crippen LogP contribution in [0.3, 0.4) is 0 Å². The van der Waals surface area contributed by atoms with Gasteiger partial charge in [-0.15, -0.1) is 0 Å². The maximum atomic E-state index is 13.3. The minimum Gasteiger partial charge on any atom is -0.348 e. The molecule has 0 radical (unpaired) electrons. The number of amides is 1. The number of hydrogen-bond acceptors (Lipinski definition) is 3. The van der Waals surface area contributed by atoms with Gasteiger partial charge in [-0.25, -0.2) is 17.2 Å². The van der Waals surface area contributed by atoms with Gasteiger partial charge in [0.15, 0.2) is 0 Å². The Balaban J connectivity index is 1.86. The van der Waals surface area contributed by atoms with Crippen LogP contribution in [-0.4, -0.2) is 20.9 Å². The van der Waals surface area contributed by atoms with Crippen LogP contribution in [0.5, 0.6) is 0 Å². The summed E-state index contributed by atoms with van der Waals surface area (Å²) in [4.78, 5) is 12.7. The minimum atomic E-state index is -4.07. The second-order valence-electron chi connectivity index (χ2n) is 6.64. The number of nitrogens with zero attached hydrogens (tertiary/aromatic N) is 1. The predicted molar refractivity (Wildman–Crippen MR) is 110 cm³/mol. The summed E-state index contributed by atoms with van der Waals surface area (Å²) in [5, 5.41) is 2.71. The van der Waals surface area contributed by atoms with Gasteiger partial charge in [0.2, 0.25) is 5.91 Å². The normalized spacial score (nSPS) is 12.2. The molecule has 0 aliphatic heterocycles. The Hall–Kier alpha value is -3.26. The number of rotatable bonds is 7. The van der Waals surface area contributed by atoms with Crippen molar-refractivity contribution in [1.29, 1.82) is 0 Å². The molecule has 3 aromatic rings. The topological polar surface area (TPSA) is 66.5 Å². The van der Waals surface area contributed by atoms with Crippen LogP contribution < -0.4 is 9.62 Å². The van der Waals surface area contributed by atoms with Crippen molar-refractivity contribution in [2.45, 2.75) is 17.9 Å². The smallest absolute Gasteiger partial charge is 0.264 e. The lowest BCUT2D eigenvalue weighted by Gasteiger charge is -2.25. The molecule has 0 aromatic heterocycles. The van der Waals surface area contributed by atoms with Gasteiger partial charge in [-0.05, 0) is 61.0 Å². The van der Waals surface area contributed by atoms with Gasteiger partial charge in [0.05, 0.1) is 16.6 Å². The van der Waals surface area contributed by atoms with E-state index in [1.54, 1.807) is 37.3 Å².